The van der Waals surface area contributed by atoms with Gasteiger partial charge < -0.3 is 15.3 Å². The first-order valence-electron chi connectivity index (χ1n) is 8.16. The SMILES string of the molecule is CCC1(CC)CCN(CC(C)(CO)NC2CC2)CC1. The number of hydrogen-bond donors (Lipinski definition) is 2. The summed E-state index contributed by atoms with van der Waals surface area (Å²) in [6.45, 7) is 10.5. The van der Waals surface area contributed by atoms with E-state index in [1.54, 1.807) is 0 Å². The summed E-state index contributed by atoms with van der Waals surface area (Å²) in [5.74, 6) is 0. The van der Waals surface area contributed by atoms with Crippen molar-refractivity contribution in [3.63, 3.8) is 0 Å². The van der Waals surface area contributed by atoms with E-state index in [0.29, 0.717) is 11.5 Å². The molecule has 19 heavy (non-hydrogen) atoms. The number of rotatable bonds is 7. The molecule has 1 aliphatic carbocycles. The minimum Gasteiger partial charge on any atom is -0.394 e. The lowest BCUT2D eigenvalue weighted by Crippen LogP contribution is -2.56. The van der Waals surface area contributed by atoms with Gasteiger partial charge >= 0.3 is 0 Å². The molecular weight excluding hydrogens is 236 g/mol. The van der Waals surface area contributed by atoms with Gasteiger partial charge in [-0.05, 0) is 51.1 Å². The van der Waals surface area contributed by atoms with E-state index in [1.165, 1.54) is 51.6 Å². The lowest BCUT2D eigenvalue weighted by Gasteiger charge is -2.44. The molecule has 2 fully saturated rings. The monoisotopic (exact) mass is 268 g/mol. The summed E-state index contributed by atoms with van der Waals surface area (Å²) in [4.78, 5) is 2.55. The second-order valence-corrected chi connectivity index (χ2v) is 7.12. The van der Waals surface area contributed by atoms with Crippen molar-refractivity contribution in [3.05, 3.63) is 0 Å². The first kappa shape index (κ1) is 15.3. The van der Waals surface area contributed by atoms with Gasteiger partial charge in [0.05, 0.1) is 12.1 Å². The van der Waals surface area contributed by atoms with Crippen LogP contribution in [0.3, 0.4) is 0 Å². The second kappa shape index (κ2) is 6.11. The zero-order chi connectivity index (χ0) is 13.9. The molecule has 1 atom stereocenters. The molecule has 0 aromatic rings. The van der Waals surface area contributed by atoms with Crippen molar-refractivity contribution in [2.45, 2.75) is 70.9 Å². The topological polar surface area (TPSA) is 35.5 Å². The molecule has 1 unspecified atom stereocenters. The molecule has 0 aromatic carbocycles. The molecule has 0 bridgehead atoms. The van der Waals surface area contributed by atoms with Gasteiger partial charge in [0, 0.05) is 12.6 Å². The van der Waals surface area contributed by atoms with Crippen molar-refractivity contribution in [1.29, 1.82) is 0 Å². The first-order valence-corrected chi connectivity index (χ1v) is 8.16. The van der Waals surface area contributed by atoms with Crippen molar-refractivity contribution in [1.82, 2.24) is 10.2 Å². The smallest absolute Gasteiger partial charge is 0.0623 e. The average Bonchev–Trinajstić information content (AvgIpc) is 3.24. The Balaban J connectivity index is 1.83. The molecular formula is C16H32N2O. The lowest BCUT2D eigenvalue weighted by atomic mass is 9.74. The standard InChI is InChI=1S/C16H32N2O/c1-4-16(5-2)8-10-18(11-9-16)12-15(3,13-19)17-14-6-7-14/h14,17,19H,4-13H2,1-3H3. The van der Waals surface area contributed by atoms with Gasteiger partial charge in [-0.15, -0.1) is 0 Å². The number of nitrogens with zero attached hydrogens (tertiary/aromatic N) is 1. The van der Waals surface area contributed by atoms with Crippen molar-refractivity contribution in [2.24, 2.45) is 5.41 Å². The Morgan fingerprint density at radius 3 is 2.21 bits per heavy atom. The maximum atomic E-state index is 9.70. The van der Waals surface area contributed by atoms with Crippen LogP contribution in [0.5, 0.6) is 0 Å². The summed E-state index contributed by atoms with van der Waals surface area (Å²) in [6.07, 6.45) is 7.84. The summed E-state index contributed by atoms with van der Waals surface area (Å²) >= 11 is 0. The van der Waals surface area contributed by atoms with Crippen LogP contribution in [0.1, 0.15) is 59.3 Å². The highest BCUT2D eigenvalue weighted by molar-refractivity contribution is 4.95. The van der Waals surface area contributed by atoms with Crippen LogP contribution in [-0.2, 0) is 0 Å². The molecule has 0 amide bonds. The van der Waals surface area contributed by atoms with Gasteiger partial charge in [-0.3, -0.25) is 0 Å². The van der Waals surface area contributed by atoms with Crippen LogP contribution in [0.4, 0.5) is 0 Å². The summed E-state index contributed by atoms with van der Waals surface area (Å²) in [5, 5.41) is 13.3. The Morgan fingerprint density at radius 1 is 1.21 bits per heavy atom. The number of aliphatic hydroxyl groups excluding tert-OH is 1. The molecule has 112 valence electrons. The van der Waals surface area contributed by atoms with Gasteiger partial charge in [0.1, 0.15) is 0 Å². The third kappa shape index (κ3) is 3.93. The molecule has 0 radical (unpaired) electrons. The van der Waals surface area contributed by atoms with Gasteiger partial charge in [-0.2, -0.15) is 0 Å². The Labute approximate surface area is 118 Å². The minimum absolute atomic E-state index is 0.112. The van der Waals surface area contributed by atoms with Gasteiger partial charge in [0.15, 0.2) is 0 Å². The van der Waals surface area contributed by atoms with E-state index >= 15 is 0 Å². The summed E-state index contributed by atoms with van der Waals surface area (Å²) in [7, 11) is 0. The molecule has 0 aromatic heterocycles. The van der Waals surface area contributed by atoms with Gasteiger partial charge in [-0.25, -0.2) is 0 Å². The van der Waals surface area contributed by atoms with E-state index < -0.39 is 0 Å². The molecule has 1 heterocycles. The molecule has 2 N–H and O–H groups in total. The highest BCUT2D eigenvalue weighted by atomic mass is 16.3. The maximum absolute atomic E-state index is 9.70. The fourth-order valence-corrected chi connectivity index (χ4v) is 3.50. The Bertz CT molecular complexity index is 276. The van der Waals surface area contributed by atoms with Crippen molar-refractivity contribution < 1.29 is 5.11 Å². The molecule has 2 aliphatic rings. The average molecular weight is 268 g/mol. The predicted octanol–water partition coefficient (Wildman–Crippen LogP) is 2.39. The largest absolute Gasteiger partial charge is 0.394 e. The maximum Gasteiger partial charge on any atom is 0.0623 e. The van der Waals surface area contributed by atoms with E-state index in [0.717, 1.165) is 6.54 Å². The van der Waals surface area contributed by atoms with Crippen molar-refractivity contribution in [3.8, 4) is 0 Å². The van der Waals surface area contributed by atoms with Crippen molar-refractivity contribution >= 4 is 0 Å². The second-order valence-electron chi connectivity index (χ2n) is 7.12. The van der Waals surface area contributed by atoms with Gasteiger partial charge in [0.2, 0.25) is 0 Å². The summed E-state index contributed by atoms with van der Waals surface area (Å²) in [5.41, 5.74) is 0.482. The van der Waals surface area contributed by atoms with Crippen LogP contribution in [0, 0.1) is 5.41 Å². The van der Waals surface area contributed by atoms with Gasteiger partial charge in [-0.1, -0.05) is 26.7 Å². The van der Waals surface area contributed by atoms with E-state index in [9.17, 15) is 5.11 Å². The lowest BCUT2D eigenvalue weighted by molar-refractivity contribution is 0.0576. The van der Waals surface area contributed by atoms with Crippen LogP contribution in [0.2, 0.25) is 0 Å². The molecule has 0 spiro atoms. The third-order valence-corrected chi connectivity index (χ3v) is 5.47. The number of likely N-dealkylation sites (tertiary alicyclic amines) is 1. The normalized spacial score (nSPS) is 27.2. The predicted molar refractivity (Wildman–Crippen MR) is 80.3 cm³/mol. The van der Waals surface area contributed by atoms with E-state index in [2.05, 4.69) is 31.0 Å². The molecule has 1 saturated heterocycles. The highest BCUT2D eigenvalue weighted by Gasteiger charge is 2.36. The molecule has 1 aliphatic heterocycles. The van der Waals surface area contributed by atoms with Crippen LogP contribution < -0.4 is 5.32 Å². The third-order valence-electron chi connectivity index (χ3n) is 5.47. The molecule has 3 heteroatoms. The number of hydrogen-bond acceptors (Lipinski definition) is 3. The van der Waals surface area contributed by atoms with Gasteiger partial charge in [0.25, 0.3) is 0 Å². The van der Waals surface area contributed by atoms with Crippen molar-refractivity contribution in [2.75, 3.05) is 26.2 Å². The Morgan fingerprint density at radius 2 is 1.79 bits per heavy atom. The first-order chi connectivity index (χ1) is 9.05. The van der Waals surface area contributed by atoms with E-state index in [1.807, 2.05) is 0 Å². The van der Waals surface area contributed by atoms with E-state index in [-0.39, 0.29) is 12.1 Å². The van der Waals surface area contributed by atoms with Crippen LogP contribution in [0.25, 0.3) is 0 Å². The summed E-state index contributed by atoms with van der Waals surface area (Å²) < 4.78 is 0. The Hall–Kier alpha value is -0.120. The summed E-state index contributed by atoms with van der Waals surface area (Å²) in [6, 6.07) is 0.660. The fourth-order valence-electron chi connectivity index (χ4n) is 3.50. The zero-order valence-electron chi connectivity index (χ0n) is 13.0. The van der Waals surface area contributed by atoms with Crippen LogP contribution >= 0.6 is 0 Å². The number of piperidine rings is 1. The number of nitrogens with one attached hydrogen (secondary N) is 1. The zero-order valence-corrected chi connectivity index (χ0v) is 13.0. The molecule has 2 rings (SSSR count). The Kier molecular flexibility index (Phi) is 4.91. The minimum atomic E-state index is -0.112. The van der Waals surface area contributed by atoms with Crippen LogP contribution in [-0.4, -0.2) is 47.8 Å². The molecule has 3 nitrogen and oxygen atoms in total. The van der Waals surface area contributed by atoms with Crippen LogP contribution in [0.15, 0.2) is 0 Å². The van der Waals surface area contributed by atoms with E-state index in [4.69, 9.17) is 0 Å². The fraction of sp³-hybridized carbons (Fsp3) is 1.00. The molecule has 1 saturated carbocycles. The quantitative estimate of drug-likeness (QED) is 0.744. The highest BCUT2D eigenvalue weighted by Crippen LogP contribution is 2.38. The number of aliphatic hydroxyl groups is 1.